The van der Waals surface area contributed by atoms with E-state index < -0.39 is 0 Å². The molecule has 6 heteroatoms. The van der Waals surface area contributed by atoms with E-state index in [-0.39, 0.29) is 0 Å². The lowest BCUT2D eigenvalue weighted by Gasteiger charge is -2.05. The van der Waals surface area contributed by atoms with Gasteiger partial charge >= 0.3 is 0 Å². The molecule has 2 aromatic rings. The second-order valence-corrected chi connectivity index (χ2v) is 4.70. The molecule has 1 aromatic carbocycles. The van der Waals surface area contributed by atoms with Gasteiger partial charge < -0.3 is 15.4 Å². The molecule has 0 aliphatic heterocycles. The zero-order valence-electron chi connectivity index (χ0n) is 9.97. The third kappa shape index (κ3) is 2.31. The minimum atomic E-state index is 0.603. The number of aromatic nitrogens is 2. The second-order valence-electron chi connectivity index (χ2n) is 3.74. The van der Waals surface area contributed by atoms with Crippen LogP contribution in [-0.2, 0) is 0 Å². The van der Waals surface area contributed by atoms with Crippen LogP contribution < -0.4 is 15.4 Å². The van der Waals surface area contributed by atoms with Crippen LogP contribution in [0.2, 0.25) is 0 Å². The van der Waals surface area contributed by atoms with E-state index in [9.17, 15) is 0 Å². The summed E-state index contributed by atoms with van der Waals surface area (Å²) in [6.45, 7) is 0. The number of rotatable bonds is 3. The highest BCUT2D eigenvalue weighted by Gasteiger charge is 2.09. The fourth-order valence-corrected chi connectivity index (χ4v) is 2.14. The van der Waals surface area contributed by atoms with Crippen LogP contribution in [-0.4, -0.2) is 31.4 Å². The predicted molar refractivity (Wildman–Crippen MR) is 70.6 cm³/mol. The lowest BCUT2D eigenvalue weighted by Crippen LogP contribution is -2.07. The van der Waals surface area contributed by atoms with E-state index in [1.54, 1.807) is 7.11 Å². The van der Waals surface area contributed by atoms with Crippen molar-refractivity contribution >= 4 is 22.2 Å². The highest BCUT2D eigenvalue weighted by Crippen LogP contribution is 2.31. The second kappa shape index (κ2) is 4.58. The Morgan fingerprint density at radius 1 is 1.29 bits per heavy atom. The molecule has 0 fully saturated rings. The molecule has 90 valence electrons. The number of benzene rings is 1. The van der Waals surface area contributed by atoms with Crippen LogP contribution in [0, 0.1) is 0 Å². The zero-order valence-corrected chi connectivity index (χ0v) is 10.8. The summed E-state index contributed by atoms with van der Waals surface area (Å²) in [5, 5.41) is 9.94. The Morgan fingerprint density at radius 2 is 2.06 bits per heavy atom. The van der Waals surface area contributed by atoms with Gasteiger partial charge in [0.1, 0.15) is 10.8 Å². The summed E-state index contributed by atoms with van der Waals surface area (Å²) >= 11 is 1.52. The Kier molecular flexibility index (Phi) is 3.14. The Balaban J connectivity index is 2.36. The van der Waals surface area contributed by atoms with Crippen molar-refractivity contribution in [1.29, 1.82) is 0 Å². The van der Waals surface area contributed by atoms with Crippen molar-refractivity contribution in [1.82, 2.24) is 10.2 Å². The minimum Gasteiger partial charge on any atom is -0.495 e. The van der Waals surface area contributed by atoms with E-state index in [0.29, 0.717) is 11.4 Å². The van der Waals surface area contributed by atoms with Crippen LogP contribution in [0.5, 0.6) is 5.75 Å². The van der Waals surface area contributed by atoms with Crippen molar-refractivity contribution in [2.75, 3.05) is 31.8 Å². The molecule has 17 heavy (non-hydrogen) atoms. The molecule has 0 saturated carbocycles. The van der Waals surface area contributed by atoms with Gasteiger partial charge in [0.15, 0.2) is 0 Å². The van der Waals surface area contributed by atoms with Crippen LogP contribution in [0.1, 0.15) is 0 Å². The van der Waals surface area contributed by atoms with E-state index in [0.717, 1.165) is 15.7 Å². The molecular formula is C11H14N4OS. The third-order valence-electron chi connectivity index (χ3n) is 2.27. The molecule has 0 atom stereocenters. The maximum Gasteiger partial charge on any atom is 0.208 e. The molecule has 1 heterocycles. The van der Waals surface area contributed by atoms with E-state index in [4.69, 9.17) is 10.5 Å². The highest BCUT2D eigenvalue weighted by atomic mass is 32.1. The number of nitrogen functional groups attached to an aromatic ring is 1. The van der Waals surface area contributed by atoms with Crippen LogP contribution in [0.15, 0.2) is 18.2 Å². The van der Waals surface area contributed by atoms with Gasteiger partial charge in [0, 0.05) is 19.7 Å². The largest absolute Gasteiger partial charge is 0.495 e. The van der Waals surface area contributed by atoms with Crippen molar-refractivity contribution in [3.8, 4) is 16.3 Å². The Bertz CT molecular complexity index is 524. The van der Waals surface area contributed by atoms with Gasteiger partial charge in [-0.2, -0.15) is 0 Å². The van der Waals surface area contributed by atoms with E-state index in [2.05, 4.69) is 10.2 Å². The summed E-state index contributed by atoms with van der Waals surface area (Å²) < 4.78 is 5.11. The third-order valence-corrected chi connectivity index (χ3v) is 3.41. The number of methoxy groups -OCH3 is 1. The molecule has 0 bridgehead atoms. The van der Waals surface area contributed by atoms with E-state index in [1.807, 2.05) is 37.2 Å². The van der Waals surface area contributed by atoms with Gasteiger partial charge in [-0.15, -0.1) is 10.2 Å². The minimum absolute atomic E-state index is 0.603. The standard InChI is InChI=1S/C11H14N4OS/c1-15(2)11-14-13-10(17-11)7-4-5-9(16-3)8(12)6-7/h4-6H,12H2,1-3H3. The molecular weight excluding hydrogens is 236 g/mol. The molecule has 5 nitrogen and oxygen atoms in total. The number of hydrogen-bond donors (Lipinski definition) is 1. The molecule has 0 aliphatic carbocycles. The summed E-state index contributed by atoms with van der Waals surface area (Å²) in [6, 6.07) is 5.61. The Hall–Kier alpha value is -1.82. The van der Waals surface area contributed by atoms with Crippen LogP contribution in [0.25, 0.3) is 10.6 Å². The first-order chi connectivity index (χ1) is 8.11. The molecule has 0 radical (unpaired) electrons. The maximum atomic E-state index is 5.86. The lowest BCUT2D eigenvalue weighted by molar-refractivity contribution is 0.417. The van der Waals surface area contributed by atoms with Crippen molar-refractivity contribution < 1.29 is 4.74 Å². The summed E-state index contributed by atoms with van der Waals surface area (Å²) in [4.78, 5) is 1.92. The van der Waals surface area contributed by atoms with Crippen molar-refractivity contribution in [2.24, 2.45) is 0 Å². The Morgan fingerprint density at radius 3 is 2.59 bits per heavy atom. The smallest absolute Gasteiger partial charge is 0.208 e. The molecule has 0 aliphatic rings. The van der Waals surface area contributed by atoms with Gasteiger partial charge in [0.2, 0.25) is 5.13 Å². The van der Waals surface area contributed by atoms with Gasteiger partial charge in [-0.25, -0.2) is 0 Å². The molecule has 2 N–H and O–H groups in total. The van der Waals surface area contributed by atoms with Gasteiger partial charge in [-0.1, -0.05) is 11.3 Å². The lowest BCUT2D eigenvalue weighted by atomic mass is 10.2. The van der Waals surface area contributed by atoms with Crippen LogP contribution in [0.3, 0.4) is 0 Å². The van der Waals surface area contributed by atoms with Crippen molar-refractivity contribution in [3.05, 3.63) is 18.2 Å². The van der Waals surface area contributed by atoms with Crippen molar-refractivity contribution in [2.45, 2.75) is 0 Å². The molecule has 0 spiro atoms. The molecule has 0 saturated heterocycles. The quantitative estimate of drug-likeness (QED) is 0.842. The maximum absolute atomic E-state index is 5.86. The van der Waals surface area contributed by atoms with Crippen LogP contribution >= 0.6 is 11.3 Å². The van der Waals surface area contributed by atoms with E-state index >= 15 is 0 Å². The fraction of sp³-hybridized carbons (Fsp3) is 0.273. The number of nitrogens with two attached hydrogens (primary N) is 1. The molecule has 0 unspecified atom stereocenters. The normalized spacial score (nSPS) is 10.3. The summed E-state index contributed by atoms with van der Waals surface area (Å²) in [5.74, 6) is 0.672. The van der Waals surface area contributed by atoms with Gasteiger partial charge in [0.25, 0.3) is 0 Å². The number of anilines is 2. The van der Waals surface area contributed by atoms with Gasteiger partial charge in [-0.05, 0) is 18.2 Å². The first-order valence-electron chi connectivity index (χ1n) is 5.06. The summed E-state index contributed by atoms with van der Waals surface area (Å²) in [7, 11) is 5.47. The average molecular weight is 250 g/mol. The summed E-state index contributed by atoms with van der Waals surface area (Å²) in [5.41, 5.74) is 7.41. The molecule has 2 rings (SSSR count). The topological polar surface area (TPSA) is 64.3 Å². The number of hydrogen-bond acceptors (Lipinski definition) is 6. The number of nitrogens with zero attached hydrogens (tertiary/aromatic N) is 3. The van der Waals surface area contributed by atoms with E-state index in [1.165, 1.54) is 11.3 Å². The monoisotopic (exact) mass is 250 g/mol. The number of ether oxygens (including phenoxy) is 1. The SMILES string of the molecule is COc1ccc(-c2nnc(N(C)C)s2)cc1N. The highest BCUT2D eigenvalue weighted by molar-refractivity contribution is 7.18. The van der Waals surface area contributed by atoms with Gasteiger partial charge in [0.05, 0.1) is 12.8 Å². The van der Waals surface area contributed by atoms with Crippen LogP contribution in [0.4, 0.5) is 10.8 Å². The van der Waals surface area contributed by atoms with Gasteiger partial charge in [-0.3, -0.25) is 0 Å². The van der Waals surface area contributed by atoms with Crippen molar-refractivity contribution in [3.63, 3.8) is 0 Å². The first-order valence-corrected chi connectivity index (χ1v) is 5.88. The molecule has 0 amide bonds. The summed E-state index contributed by atoms with van der Waals surface area (Å²) in [6.07, 6.45) is 0. The Labute approximate surface area is 104 Å². The first kappa shape index (κ1) is 11.7. The fourth-order valence-electron chi connectivity index (χ4n) is 1.38. The molecule has 1 aromatic heterocycles. The zero-order chi connectivity index (χ0) is 12.4. The predicted octanol–water partition coefficient (Wildman–Crippen LogP) is 1.86. The average Bonchev–Trinajstić information content (AvgIpc) is 2.78.